The van der Waals surface area contributed by atoms with Crippen LogP contribution in [0.2, 0.25) is 0 Å². The zero-order chi connectivity index (χ0) is 10.7. The zero-order valence-electron chi connectivity index (χ0n) is 8.31. The number of rotatable bonds is 3. The monoisotopic (exact) mass is 206 g/mol. The lowest BCUT2D eigenvalue weighted by molar-refractivity contribution is 0.585. The fourth-order valence-electron chi connectivity index (χ4n) is 1.21. The van der Waals surface area contributed by atoms with Crippen LogP contribution in [-0.4, -0.2) is 14.8 Å². The predicted octanol–water partition coefficient (Wildman–Crippen LogP) is 2.18. The van der Waals surface area contributed by atoms with E-state index in [9.17, 15) is 4.39 Å². The standard InChI is InChI=1S/C10H11FN4/c1-2-15-7-6-10(14-15)13-9-5-3-4-8(11)12-9/h3-7H,2H2,1H3,(H,12,13,14). The Morgan fingerprint density at radius 3 is 2.87 bits per heavy atom. The van der Waals surface area contributed by atoms with Crippen molar-refractivity contribution in [3.05, 3.63) is 36.4 Å². The van der Waals surface area contributed by atoms with Crippen LogP contribution in [0.25, 0.3) is 0 Å². The Morgan fingerprint density at radius 1 is 1.33 bits per heavy atom. The van der Waals surface area contributed by atoms with Crippen LogP contribution in [0, 0.1) is 5.95 Å². The summed E-state index contributed by atoms with van der Waals surface area (Å²) in [6.45, 7) is 2.80. The molecule has 0 aliphatic rings. The average Bonchev–Trinajstić information content (AvgIpc) is 2.65. The molecule has 1 N–H and O–H groups in total. The maximum absolute atomic E-state index is 12.8. The first-order valence-electron chi connectivity index (χ1n) is 4.71. The topological polar surface area (TPSA) is 42.7 Å². The maximum Gasteiger partial charge on any atom is 0.214 e. The van der Waals surface area contributed by atoms with Gasteiger partial charge in [0, 0.05) is 18.8 Å². The number of pyridine rings is 1. The first-order chi connectivity index (χ1) is 7.28. The molecule has 0 spiro atoms. The number of hydrogen-bond donors (Lipinski definition) is 1. The minimum absolute atomic E-state index is 0.455. The van der Waals surface area contributed by atoms with Crippen molar-refractivity contribution in [2.24, 2.45) is 0 Å². The molecule has 0 aliphatic carbocycles. The predicted molar refractivity (Wildman–Crippen MR) is 55.4 cm³/mol. The smallest absolute Gasteiger partial charge is 0.214 e. The van der Waals surface area contributed by atoms with Crippen LogP contribution < -0.4 is 5.32 Å². The Balaban J connectivity index is 2.14. The molecular formula is C10H11FN4. The molecule has 2 aromatic heterocycles. The van der Waals surface area contributed by atoms with Crippen LogP contribution in [0.5, 0.6) is 0 Å². The fraction of sp³-hybridized carbons (Fsp3) is 0.200. The highest BCUT2D eigenvalue weighted by Crippen LogP contribution is 2.11. The van der Waals surface area contributed by atoms with Crippen LogP contribution in [0.4, 0.5) is 16.0 Å². The molecule has 0 saturated heterocycles. The molecule has 2 rings (SSSR count). The van der Waals surface area contributed by atoms with Crippen LogP contribution >= 0.6 is 0 Å². The van der Waals surface area contributed by atoms with Crippen molar-refractivity contribution in [1.29, 1.82) is 0 Å². The summed E-state index contributed by atoms with van der Waals surface area (Å²) in [5, 5.41) is 7.11. The van der Waals surface area contributed by atoms with Crippen LogP contribution in [0.1, 0.15) is 6.92 Å². The zero-order valence-corrected chi connectivity index (χ0v) is 8.31. The Hall–Kier alpha value is -1.91. The van der Waals surface area contributed by atoms with Gasteiger partial charge in [-0.2, -0.15) is 9.49 Å². The number of aryl methyl sites for hydroxylation is 1. The van der Waals surface area contributed by atoms with E-state index in [0.29, 0.717) is 11.6 Å². The molecule has 2 heterocycles. The number of aromatic nitrogens is 3. The minimum atomic E-state index is -0.505. The summed E-state index contributed by atoms with van der Waals surface area (Å²) in [4.78, 5) is 3.68. The molecule has 0 aliphatic heterocycles. The number of nitrogens with zero attached hydrogens (tertiary/aromatic N) is 3. The van der Waals surface area contributed by atoms with Crippen LogP contribution in [0.15, 0.2) is 30.5 Å². The van der Waals surface area contributed by atoms with Gasteiger partial charge in [-0.25, -0.2) is 4.98 Å². The second-order valence-electron chi connectivity index (χ2n) is 3.03. The van der Waals surface area contributed by atoms with Gasteiger partial charge in [0.05, 0.1) is 0 Å². The Kier molecular flexibility index (Phi) is 2.62. The van der Waals surface area contributed by atoms with E-state index in [0.717, 1.165) is 6.54 Å². The third kappa shape index (κ3) is 2.31. The van der Waals surface area contributed by atoms with E-state index in [2.05, 4.69) is 15.4 Å². The molecule has 5 heteroatoms. The molecule has 0 fully saturated rings. The average molecular weight is 206 g/mol. The van der Waals surface area contributed by atoms with Gasteiger partial charge in [0.25, 0.3) is 0 Å². The van der Waals surface area contributed by atoms with Crippen molar-refractivity contribution >= 4 is 11.6 Å². The van der Waals surface area contributed by atoms with Gasteiger partial charge in [0.1, 0.15) is 5.82 Å². The fourth-order valence-corrected chi connectivity index (χ4v) is 1.21. The normalized spacial score (nSPS) is 10.3. The maximum atomic E-state index is 12.8. The molecule has 78 valence electrons. The summed E-state index contributed by atoms with van der Waals surface area (Å²) in [5.74, 6) is 0.612. The van der Waals surface area contributed by atoms with E-state index >= 15 is 0 Å². The summed E-state index contributed by atoms with van der Waals surface area (Å²) in [6, 6.07) is 6.40. The van der Waals surface area contributed by atoms with Gasteiger partial charge in [-0.05, 0) is 19.1 Å². The van der Waals surface area contributed by atoms with Gasteiger partial charge in [0.15, 0.2) is 5.82 Å². The van der Waals surface area contributed by atoms with Crippen LogP contribution in [-0.2, 0) is 6.54 Å². The lowest BCUT2D eigenvalue weighted by Crippen LogP contribution is -1.98. The lowest BCUT2D eigenvalue weighted by Gasteiger charge is -2.00. The van der Waals surface area contributed by atoms with Gasteiger partial charge in [-0.15, -0.1) is 0 Å². The molecule has 15 heavy (non-hydrogen) atoms. The molecular weight excluding hydrogens is 195 g/mol. The van der Waals surface area contributed by atoms with Gasteiger partial charge >= 0.3 is 0 Å². The van der Waals surface area contributed by atoms with E-state index in [1.54, 1.807) is 16.8 Å². The van der Waals surface area contributed by atoms with E-state index in [1.165, 1.54) is 6.07 Å². The Bertz CT molecular complexity index is 452. The number of anilines is 2. The van der Waals surface area contributed by atoms with E-state index in [4.69, 9.17) is 0 Å². The SMILES string of the molecule is CCn1ccc(Nc2cccc(F)n2)n1. The number of halogens is 1. The number of hydrogen-bond acceptors (Lipinski definition) is 3. The van der Waals surface area contributed by atoms with Crippen molar-refractivity contribution in [1.82, 2.24) is 14.8 Å². The summed E-state index contributed by atoms with van der Waals surface area (Å²) in [5.41, 5.74) is 0. The minimum Gasteiger partial charge on any atom is -0.323 e. The lowest BCUT2D eigenvalue weighted by atomic mass is 10.4. The molecule has 4 nitrogen and oxygen atoms in total. The molecule has 0 bridgehead atoms. The van der Waals surface area contributed by atoms with Crippen LogP contribution in [0.3, 0.4) is 0 Å². The Morgan fingerprint density at radius 2 is 2.20 bits per heavy atom. The van der Waals surface area contributed by atoms with Crippen molar-refractivity contribution < 1.29 is 4.39 Å². The summed E-state index contributed by atoms with van der Waals surface area (Å²) in [6.07, 6.45) is 1.85. The van der Waals surface area contributed by atoms with Gasteiger partial charge in [-0.1, -0.05) is 6.07 Å². The molecule has 0 unspecified atom stereocenters. The van der Waals surface area contributed by atoms with E-state index in [1.807, 2.05) is 19.2 Å². The highest BCUT2D eigenvalue weighted by Gasteiger charge is 2.00. The largest absolute Gasteiger partial charge is 0.323 e. The highest BCUT2D eigenvalue weighted by atomic mass is 19.1. The first kappa shape index (κ1) is 9.64. The van der Waals surface area contributed by atoms with Gasteiger partial charge in [0.2, 0.25) is 5.95 Å². The van der Waals surface area contributed by atoms with Gasteiger partial charge < -0.3 is 5.32 Å². The highest BCUT2D eigenvalue weighted by molar-refractivity contribution is 5.50. The second-order valence-corrected chi connectivity index (χ2v) is 3.03. The molecule has 0 atom stereocenters. The number of nitrogens with one attached hydrogen (secondary N) is 1. The Labute approximate surface area is 86.8 Å². The summed E-state index contributed by atoms with van der Waals surface area (Å²) in [7, 11) is 0. The van der Waals surface area contributed by atoms with Crippen molar-refractivity contribution in [3.63, 3.8) is 0 Å². The molecule has 0 amide bonds. The third-order valence-corrected chi connectivity index (χ3v) is 1.94. The first-order valence-corrected chi connectivity index (χ1v) is 4.71. The third-order valence-electron chi connectivity index (χ3n) is 1.94. The van der Waals surface area contributed by atoms with Crippen molar-refractivity contribution in [2.75, 3.05) is 5.32 Å². The summed E-state index contributed by atoms with van der Waals surface area (Å²) < 4.78 is 14.5. The molecule has 0 aromatic carbocycles. The van der Waals surface area contributed by atoms with E-state index in [-0.39, 0.29) is 0 Å². The molecule has 0 radical (unpaired) electrons. The van der Waals surface area contributed by atoms with Crippen molar-refractivity contribution in [3.8, 4) is 0 Å². The van der Waals surface area contributed by atoms with E-state index < -0.39 is 5.95 Å². The quantitative estimate of drug-likeness (QED) is 0.783. The molecule has 0 saturated carbocycles. The molecule has 2 aromatic rings. The van der Waals surface area contributed by atoms with Crippen molar-refractivity contribution in [2.45, 2.75) is 13.5 Å². The van der Waals surface area contributed by atoms with Gasteiger partial charge in [-0.3, -0.25) is 4.68 Å². The second kappa shape index (κ2) is 4.08. The summed E-state index contributed by atoms with van der Waals surface area (Å²) >= 11 is 0.